The Balaban J connectivity index is 1.89. The first-order valence-electron chi connectivity index (χ1n) is 6.99. The molecule has 0 spiro atoms. The van der Waals surface area contributed by atoms with Gasteiger partial charge in [0.1, 0.15) is 11.6 Å². The van der Waals surface area contributed by atoms with E-state index in [0.717, 1.165) is 37.5 Å². The third kappa shape index (κ3) is 3.32. The van der Waals surface area contributed by atoms with Gasteiger partial charge in [-0.3, -0.25) is 0 Å². The van der Waals surface area contributed by atoms with Gasteiger partial charge in [-0.1, -0.05) is 6.42 Å². The van der Waals surface area contributed by atoms with Crippen LogP contribution in [0.1, 0.15) is 25.7 Å². The Bertz CT molecular complexity index is 451. The zero-order valence-electron chi connectivity index (χ0n) is 11.7. The Morgan fingerprint density at radius 2 is 2.25 bits per heavy atom. The van der Waals surface area contributed by atoms with Crippen LogP contribution in [0.4, 0.5) is 8.78 Å². The maximum atomic E-state index is 13.5. The minimum absolute atomic E-state index is 0.143. The van der Waals surface area contributed by atoms with Crippen molar-refractivity contribution in [2.45, 2.75) is 36.1 Å². The fraction of sp³-hybridized carbons (Fsp3) is 0.600. The van der Waals surface area contributed by atoms with Gasteiger partial charge in [0.15, 0.2) is 0 Å². The van der Waals surface area contributed by atoms with E-state index >= 15 is 0 Å². The molecule has 0 aliphatic heterocycles. The molecule has 2 unspecified atom stereocenters. The molecule has 0 heterocycles. The minimum atomic E-state index is -0.544. The predicted molar refractivity (Wildman–Crippen MR) is 77.9 cm³/mol. The quantitative estimate of drug-likeness (QED) is 0.792. The summed E-state index contributed by atoms with van der Waals surface area (Å²) in [7, 11) is 1.89. The summed E-state index contributed by atoms with van der Waals surface area (Å²) in [5, 5.41) is 12.9. The second-order valence-corrected chi connectivity index (χ2v) is 6.50. The van der Waals surface area contributed by atoms with Crippen molar-refractivity contribution in [1.29, 1.82) is 0 Å². The molecule has 2 N–H and O–H groups in total. The van der Waals surface area contributed by atoms with E-state index in [1.54, 1.807) is 0 Å². The molecule has 1 saturated carbocycles. The Kier molecular flexibility index (Phi) is 5.41. The van der Waals surface area contributed by atoms with Gasteiger partial charge in [0.25, 0.3) is 0 Å². The van der Waals surface area contributed by atoms with Crippen molar-refractivity contribution in [2.24, 2.45) is 5.92 Å². The van der Waals surface area contributed by atoms with E-state index < -0.39 is 11.6 Å². The van der Waals surface area contributed by atoms with Crippen molar-refractivity contribution in [3.8, 4) is 0 Å². The normalized spacial score (nSPS) is 26.1. The molecule has 20 heavy (non-hydrogen) atoms. The van der Waals surface area contributed by atoms with E-state index in [0.29, 0.717) is 10.8 Å². The van der Waals surface area contributed by atoms with Crippen LogP contribution in [0.15, 0.2) is 23.1 Å². The summed E-state index contributed by atoms with van der Waals surface area (Å²) >= 11 is 1.41. The van der Waals surface area contributed by atoms with E-state index in [-0.39, 0.29) is 12.1 Å². The van der Waals surface area contributed by atoms with Crippen LogP contribution < -0.4 is 5.32 Å². The summed E-state index contributed by atoms with van der Waals surface area (Å²) in [5.41, 5.74) is -0.179. The van der Waals surface area contributed by atoms with Gasteiger partial charge in [0.2, 0.25) is 0 Å². The van der Waals surface area contributed by atoms with Crippen LogP contribution in [-0.4, -0.2) is 30.1 Å². The number of likely N-dealkylation sites (N-methyl/N-ethyl adjacent to an activating group) is 1. The van der Waals surface area contributed by atoms with Gasteiger partial charge in [-0.05, 0) is 50.1 Å². The van der Waals surface area contributed by atoms with Gasteiger partial charge in [-0.15, -0.1) is 11.8 Å². The lowest BCUT2D eigenvalue weighted by molar-refractivity contribution is 0.130. The van der Waals surface area contributed by atoms with Crippen molar-refractivity contribution < 1.29 is 13.9 Å². The lowest BCUT2D eigenvalue weighted by atomic mass is 9.86. The van der Waals surface area contributed by atoms with Crippen LogP contribution in [-0.2, 0) is 0 Å². The summed E-state index contributed by atoms with van der Waals surface area (Å²) in [4.78, 5) is 0.489. The number of aliphatic hydroxyl groups excluding tert-OH is 1. The number of thioether (sulfide) groups is 1. The van der Waals surface area contributed by atoms with E-state index in [1.807, 2.05) is 7.05 Å². The van der Waals surface area contributed by atoms with Crippen LogP contribution in [0.3, 0.4) is 0 Å². The molecule has 0 saturated heterocycles. The van der Waals surface area contributed by atoms with E-state index in [1.165, 1.54) is 23.9 Å². The fourth-order valence-electron chi connectivity index (χ4n) is 3.08. The highest BCUT2D eigenvalue weighted by molar-refractivity contribution is 7.99. The number of rotatable bonds is 6. The molecule has 0 aromatic heterocycles. The highest BCUT2D eigenvalue weighted by Gasteiger charge is 2.40. The van der Waals surface area contributed by atoms with Gasteiger partial charge in [-0.25, -0.2) is 8.78 Å². The largest absolute Gasteiger partial charge is 0.394 e. The van der Waals surface area contributed by atoms with Crippen LogP contribution in [0.5, 0.6) is 0 Å². The monoisotopic (exact) mass is 301 g/mol. The lowest BCUT2D eigenvalue weighted by Crippen LogP contribution is -2.49. The maximum Gasteiger partial charge on any atom is 0.139 e. The molecule has 0 amide bonds. The van der Waals surface area contributed by atoms with Crippen LogP contribution in [0.2, 0.25) is 0 Å². The molecule has 1 aromatic rings. The number of hydrogen-bond donors (Lipinski definition) is 2. The molecular weight excluding hydrogens is 280 g/mol. The minimum Gasteiger partial charge on any atom is -0.394 e. The van der Waals surface area contributed by atoms with Gasteiger partial charge in [0.05, 0.1) is 6.61 Å². The average Bonchev–Trinajstić information content (AvgIpc) is 2.85. The summed E-state index contributed by atoms with van der Waals surface area (Å²) < 4.78 is 26.3. The molecule has 112 valence electrons. The van der Waals surface area contributed by atoms with Crippen LogP contribution >= 0.6 is 11.8 Å². The van der Waals surface area contributed by atoms with Crippen molar-refractivity contribution >= 4 is 11.8 Å². The van der Waals surface area contributed by atoms with Crippen LogP contribution in [0, 0.1) is 17.6 Å². The standard InChI is InChI=1S/C15H21F2NOS/c1-18-15(10-19)7-2-3-11(15)6-8-20-14-5-4-12(16)9-13(14)17/h4-5,9,11,18-19H,2-3,6-8,10H2,1H3. The molecule has 1 aromatic carbocycles. The molecule has 2 nitrogen and oxygen atoms in total. The molecule has 2 atom stereocenters. The molecule has 2 rings (SSSR count). The third-order valence-corrected chi connectivity index (χ3v) is 5.44. The van der Waals surface area contributed by atoms with E-state index in [4.69, 9.17) is 0 Å². The van der Waals surface area contributed by atoms with Crippen molar-refractivity contribution in [3.05, 3.63) is 29.8 Å². The number of aliphatic hydroxyl groups is 1. The Labute approximate surface area is 123 Å². The van der Waals surface area contributed by atoms with Crippen molar-refractivity contribution in [2.75, 3.05) is 19.4 Å². The molecule has 1 aliphatic rings. The summed E-state index contributed by atoms with van der Waals surface area (Å²) in [6, 6.07) is 3.69. The van der Waals surface area contributed by atoms with Crippen molar-refractivity contribution in [3.63, 3.8) is 0 Å². The zero-order valence-corrected chi connectivity index (χ0v) is 12.5. The fourth-order valence-corrected chi connectivity index (χ4v) is 4.07. The number of hydrogen-bond acceptors (Lipinski definition) is 3. The average molecular weight is 301 g/mol. The molecule has 1 fully saturated rings. The summed E-state index contributed by atoms with van der Waals surface area (Å²) in [6.07, 6.45) is 4.11. The van der Waals surface area contributed by atoms with Crippen LogP contribution in [0.25, 0.3) is 0 Å². The molecule has 0 radical (unpaired) electrons. The smallest absolute Gasteiger partial charge is 0.139 e. The topological polar surface area (TPSA) is 32.3 Å². The summed E-state index contributed by atoms with van der Waals surface area (Å²) in [6.45, 7) is 0.143. The number of benzene rings is 1. The zero-order chi connectivity index (χ0) is 14.6. The molecule has 0 bridgehead atoms. The first-order valence-corrected chi connectivity index (χ1v) is 7.97. The van der Waals surface area contributed by atoms with Crippen molar-refractivity contribution in [1.82, 2.24) is 5.32 Å². The molecular formula is C15H21F2NOS. The van der Waals surface area contributed by atoms with E-state index in [9.17, 15) is 13.9 Å². The Morgan fingerprint density at radius 1 is 1.45 bits per heavy atom. The lowest BCUT2D eigenvalue weighted by Gasteiger charge is -2.33. The third-order valence-electron chi connectivity index (χ3n) is 4.35. The Morgan fingerprint density at radius 3 is 2.90 bits per heavy atom. The maximum absolute atomic E-state index is 13.5. The first kappa shape index (κ1) is 15.7. The molecule has 5 heteroatoms. The van der Waals surface area contributed by atoms with Gasteiger partial charge < -0.3 is 10.4 Å². The second-order valence-electron chi connectivity index (χ2n) is 5.37. The Hall–Kier alpha value is -0.650. The highest BCUT2D eigenvalue weighted by Crippen LogP contribution is 2.38. The highest BCUT2D eigenvalue weighted by atomic mass is 32.2. The summed E-state index contributed by atoms with van der Waals surface area (Å²) in [5.74, 6) is 0.144. The predicted octanol–water partition coefficient (Wildman–Crippen LogP) is 3.20. The number of halogens is 2. The molecule has 1 aliphatic carbocycles. The van der Waals surface area contributed by atoms with Gasteiger partial charge >= 0.3 is 0 Å². The van der Waals surface area contributed by atoms with E-state index in [2.05, 4.69) is 5.32 Å². The first-order chi connectivity index (χ1) is 9.61. The van der Waals surface area contributed by atoms with Gasteiger partial charge in [-0.2, -0.15) is 0 Å². The second kappa shape index (κ2) is 6.87. The number of nitrogens with one attached hydrogen (secondary N) is 1. The van der Waals surface area contributed by atoms with Gasteiger partial charge in [0, 0.05) is 16.5 Å². The SMILES string of the molecule is CNC1(CO)CCCC1CCSc1ccc(F)cc1F.